The maximum atomic E-state index is 12.6. The molecule has 7 heteroatoms. The van der Waals surface area contributed by atoms with Crippen molar-refractivity contribution in [2.45, 2.75) is 32.5 Å². The third-order valence-corrected chi connectivity index (χ3v) is 3.84. The average molecular weight is 304 g/mol. The van der Waals surface area contributed by atoms with Crippen LogP contribution in [0.2, 0.25) is 0 Å². The van der Waals surface area contributed by atoms with Crippen LogP contribution < -0.4 is 5.32 Å². The minimum absolute atomic E-state index is 0.319. The molecule has 0 aliphatic carbocycles. The second-order valence-corrected chi connectivity index (χ2v) is 5.51. The lowest BCUT2D eigenvalue weighted by Gasteiger charge is -2.14. The third kappa shape index (κ3) is 3.40. The van der Waals surface area contributed by atoms with Crippen molar-refractivity contribution >= 4 is 11.3 Å². The molecule has 3 nitrogen and oxygen atoms in total. The van der Waals surface area contributed by atoms with Crippen molar-refractivity contribution in [1.29, 1.82) is 0 Å². The van der Waals surface area contributed by atoms with Gasteiger partial charge < -0.3 is 9.73 Å². The zero-order chi connectivity index (χ0) is 14.8. The quantitative estimate of drug-likeness (QED) is 0.901. The standard InChI is InChI=1S/C13H15F3N2OS/c1-3-4-17-11(9-5-8(2)19-7-9)10-6-18-12(20-10)13(14,15)16/h5-7,11,17H,3-4H2,1-2H3. The van der Waals surface area contributed by atoms with E-state index in [1.54, 1.807) is 13.2 Å². The Kier molecular flexibility index (Phi) is 4.49. The fourth-order valence-corrected chi connectivity index (χ4v) is 2.72. The highest BCUT2D eigenvalue weighted by Gasteiger charge is 2.35. The van der Waals surface area contributed by atoms with Crippen molar-refractivity contribution in [3.63, 3.8) is 0 Å². The van der Waals surface area contributed by atoms with Crippen LogP contribution in [0.15, 0.2) is 22.9 Å². The molecule has 1 atom stereocenters. The van der Waals surface area contributed by atoms with Crippen LogP contribution in [0.4, 0.5) is 13.2 Å². The number of halogens is 3. The molecular weight excluding hydrogens is 289 g/mol. The van der Waals surface area contributed by atoms with Crippen LogP contribution in [0.25, 0.3) is 0 Å². The second kappa shape index (κ2) is 5.97. The van der Waals surface area contributed by atoms with Gasteiger partial charge in [0, 0.05) is 16.6 Å². The molecule has 2 heterocycles. The van der Waals surface area contributed by atoms with Gasteiger partial charge in [0.05, 0.1) is 12.3 Å². The summed E-state index contributed by atoms with van der Waals surface area (Å²) < 4.78 is 43.1. The summed E-state index contributed by atoms with van der Waals surface area (Å²) in [5.74, 6) is 0.726. The Morgan fingerprint density at radius 2 is 2.20 bits per heavy atom. The molecule has 2 aromatic heterocycles. The Bertz CT molecular complexity index is 562. The zero-order valence-electron chi connectivity index (χ0n) is 11.1. The van der Waals surface area contributed by atoms with Crippen LogP contribution in [0.1, 0.15) is 40.6 Å². The normalized spacial score (nSPS) is 13.7. The predicted molar refractivity (Wildman–Crippen MR) is 70.7 cm³/mol. The average Bonchev–Trinajstić information content (AvgIpc) is 2.99. The van der Waals surface area contributed by atoms with Crippen LogP contribution in [0, 0.1) is 6.92 Å². The van der Waals surface area contributed by atoms with Crippen molar-refractivity contribution in [1.82, 2.24) is 10.3 Å². The highest BCUT2D eigenvalue weighted by Crippen LogP contribution is 2.36. The van der Waals surface area contributed by atoms with E-state index in [2.05, 4.69) is 10.3 Å². The Labute approximate surface area is 118 Å². The summed E-state index contributed by atoms with van der Waals surface area (Å²) in [7, 11) is 0. The van der Waals surface area contributed by atoms with Gasteiger partial charge in [-0.1, -0.05) is 6.92 Å². The lowest BCUT2D eigenvalue weighted by atomic mass is 10.1. The Morgan fingerprint density at radius 3 is 2.70 bits per heavy atom. The zero-order valence-corrected chi connectivity index (χ0v) is 11.9. The van der Waals surface area contributed by atoms with Gasteiger partial charge in [0.1, 0.15) is 5.76 Å². The van der Waals surface area contributed by atoms with E-state index in [4.69, 9.17) is 4.42 Å². The van der Waals surface area contributed by atoms with Crippen molar-refractivity contribution < 1.29 is 17.6 Å². The number of aromatic nitrogens is 1. The summed E-state index contributed by atoms with van der Waals surface area (Å²) in [4.78, 5) is 4.01. The maximum Gasteiger partial charge on any atom is 0.443 e. The molecule has 1 N–H and O–H groups in total. The molecule has 0 fully saturated rings. The fourth-order valence-electron chi connectivity index (χ4n) is 1.84. The molecule has 0 aliphatic heterocycles. The molecule has 2 aromatic rings. The largest absolute Gasteiger partial charge is 0.469 e. The monoisotopic (exact) mass is 304 g/mol. The van der Waals surface area contributed by atoms with Gasteiger partial charge in [0.15, 0.2) is 5.01 Å². The molecule has 110 valence electrons. The van der Waals surface area contributed by atoms with Crippen LogP contribution in [0.5, 0.6) is 0 Å². The van der Waals surface area contributed by atoms with Gasteiger partial charge >= 0.3 is 6.18 Å². The van der Waals surface area contributed by atoms with Gasteiger partial charge in [0.2, 0.25) is 0 Å². The first kappa shape index (κ1) is 15.1. The van der Waals surface area contributed by atoms with Crippen molar-refractivity contribution in [2.24, 2.45) is 0 Å². The Hall–Kier alpha value is -1.34. The van der Waals surface area contributed by atoms with Gasteiger partial charge in [-0.25, -0.2) is 4.98 Å². The highest BCUT2D eigenvalue weighted by molar-refractivity contribution is 7.11. The topological polar surface area (TPSA) is 38.1 Å². The van der Waals surface area contributed by atoms with Gasteiger partial charge in [-0.05, 0) is 26.0 Å². The molecule has 0 aromatic carbocycles. The first-order valence-corrected chi connectivity index (χ1v) is 7.04. The summed E-state index contributed by atoms with van der Waals surface area (Å²) in [5.41, 5.74) is 0.813. The van der Waals surface area contributed by atoms with Crippen molar-refractivity contribution in [3.05, 3.63) is 39.7 Å². The van der Waals surface area contributed by atoms with E-state index in [1.165, 1.54) is 6.20 Å². The maximum absolute atomic E-state index is 12.6. The molecule has 2 rings (SSSR count). The number of hydrogen-bond acceptors (Lipinski definition) is 4. The smallest absolute Gasteiger partial charge is 0.443 e. The highest BCUT2D eigenvalue weighted by atomic mass is 32.1. The number of alkyl halides is 3. The fraction of sp³-hybridized carbons (Fsp3) is 0.462. The summed E-state index contributed by atoms with van der Waals surface area (Å²) >= 11 is 0.662. The summed E-state index contributed by atoms with van der Waals surface area (Å²) in [6.07, 6.45) is -0.665. The van der Waals surface area contributed by atoms with E-state index in [1.807, 2.05) is 13.0 Å². The number of aryl methyl sites for hydroxylation is 1. The lowest BCUT2D eigenvalue weighted by Crippen LogP contribution is -2.21. The van der Waals surface area contributed by atoms with E-state index in [0.29, 0.717) is 22.8 Å². The molecule has 0 bridgehead atoms. The number of furan rings is 1. The summed E-state index contributed by atoms with van der Waals surface area (Å²) in [5, 5.41) is 2.40. The molecule has 0 saturated heterocycles. The van der Waals surface area contributed by atoms with Crippen LogP contribution in [-0.2, 0) is 6.18 Å². The summed E-state index contributed by atoms with van der Waals surface area (Å²) in [6.45, 7) is 4.50. The van der Waals surface area contributed by atoms with E-state index in [0.717, 1.165) is 17.7 Å². The first-order chi connectivity index (χ1) is 9.41. The number of thiazole rings is 1. The minimum Gasteiger partial charge on any atom is -0.469 e. The molecule has 0 aliphatic rings. The van der Waals surface area contributed by atoms with Gasteiger partial charge in [-0.2, -0.15) is 13.2 Å². The summed E-state index contributed by atoms with van der Waals surface area (Å²) in [6, 6.07) is 1.50. The Morgan fingerprint density at radius 1 is 1.45 bits per heavy atom. The van der Waals surface area contributed by atoms with Crippen molar-refractivity contribution in [3.8, 4) is 0 Å². The van der Waals surface area contributed by atoms with Crippen LogP contribution >= 0.6 is 11.3 Å². The lowest BCUT2D eigenvalue weighted by molar-refractivity contribution is -0.137. The molecular formula is C13H15F3N2OS. The molecule has 0 amide bonds. The van der Waals surface area contributed by atoms with E-state index in [-0.39, 0.29) is 6.04 Å². The second-order valence-electron chi connectivity index (χ2n) is 4.44. The molecule has 0 spiro atoms. The van der Waals surface area contributed by atoms with Crippen molar-refractivity contribution in [2.75, 3.05) is 6.54 Å². The third-order valence-electron chi connectivity index (χ3n) is 2.73. The van der Waals surface area contributed by atoms with Crippen LogP contribution in [-0.4, -0.2) is 11.5 Å². The van der Waals surface area contributed by atoms with E-state index in [9.17, 15) is 13.2 Å². The molecule has 20 heavy (non-hydrogen) atoms. The molecule has 0 saturated carbocycles. The van der Waals surface area contributed by atoms with E-state index < -0.39 is 11.2 Å². The van der Waals surface area contributed by atoms with E-state index >= 15 is 0 Å². The van der Waals surface area contributed by atoms with Gasteiger partial charge in [-0.3, -0.25) is 0 Å². The number of rotatable bonds is 5. The minimum atomic E-state index is -4.40. The number of nitrogens with zero attached hydrogens (tertiary/aromatic N) is 1. The molecule has 1 unspecified atom stereocenters. The SMILES string of the molecule is CCCNC(c1coc(C)c1)c1cnc(C(F)(F)F)s1. The predicted octanol–water partition coefficient (Wildman–Crippen LogP) is 4.15. The Balaban J connectivity index is 2.29. The van der Waals surface area contributed by atoms with Gasteiger partial charge in [0.25, 0.3) is 0 Å². The van der Waals surface area contributed by atoms with Gasteiger partial charge in [-0.15, -0.1) is 11.3 Å². The number of nitrogens with one attached hydrogen (secondary N) is 1. The molecule has 0 radical (unpaired) electrons. The number of hydrogen-bond donors (Lipinski definition) is 1. The first-order valence-electron chi connectivity index (χ1n) is 6.23. The van der Waals surface area contributed by atoms with Crippen LogP contribution in [0.3, 0.4) is 0 Å².